The van der Waals surface area contributed by atoms with E-state index in [0.717, 1.165) is 49.2 Å². The fraction of sp³-hybridized carbons (Fsp3) is 0.438. The minimum atomic E-state index is 0.130. The van der Waals surface area contributed by atoms with E-state index in [2.05, 4.69) is 60.0 Å². The normalized spacial score (nSPS) is 19.9. The first-order chi connectivity index (χ1) is 18.1. The summed E-state index contributed by atoms with van der Waals surface area (Å²) >= 11 is 0. The van der Waals surface area contributed by atoms with Crippen LogP contribution in [0.3, 0.4) is 0 Å². The molecule has 2 aliphatic rings. The molecule has 0 amide bonds. The molecule has 1 N–H and O–H groups in total. The van der Waals surface area contributed by atoms with Crippen LogP contribution in [0.2, 0.25) is 0 Å². The van der Waals surface area contributed by atoms with E-state index < -0.39 is 0 Å². The van der Waals surface area contributed by atoms with E-state index in [9.17, 15) is 5.11 Å². The molecule has 37 heavy (non-hydrogen) atoms. The Labute approximate surface area is 221 Å². The molecule has 5 rings (SSSR count). The van der Waals surface area contributed by atoms with Gasteiger partial charge in [-0.05, 0) is 73.3 Å². The Balaban J connectivity index is 1.37. The fourth-order valence-corrected chi connectivity index (χ4v) is 6.08. The van der Waals surface area contributed by atoms with Gasteiger partial charge in [0.05, 0.1) is 13.7 Å². The van der Waals surface area contributed by atoms with Crippen LogP contribution in [0.1, 0.15) is 55.2 Å². The maximum atomic E-state index is 10.1. The molecule has 3 aromatic rings. The zero-order valence-electron chi connectivity index (χ0n) is 22.4. The van der Waals surface area contributed by atoms with Crippen molar-refractivity contribution in [3.63, 3.8) is 0 Å². The Hall–Kier alpha value is -3.18. The standard InChI is InChI=1S/C32H40N2O3/c1-4-33(5-2)21-23-15-17-34(18-16-23)26-11-9-24(10-12-26)32-29-14-13-27(35)20-31(29)37-22-30(32)25-7-6-8-28(19-25)36-3/h6-14,19-20,23,30,32,35H,4-5,15-18,21-22H2,1-3H3. The van der Waals surface area contributed by atoms with Gasteiger partial charge in [0, 0.05) is 48.8 Å². The van der Waals surface area contributed by atoms with Crippen molar-refractivity contribution in [2.24, 2.45) is 5.92 Å². The van der Waals surface area contributed by atoms with Gasteiger partial charge in [0.15, 0.2) is 0 Å². The number of phenolic OH excluding ortho intramolecular Hbond substituents is 1. The van der Waals surface area contributed by atoms with Crippen LogP contribution >= 0.6 is 0 Å². The maximum absolute atomic E-state index is 10.1. The molecular weight excluding hydrogens is 460 g/mol. The number of anilines is 1. The molecular formula is C32H40N2O3. The quantitative estimate of drug-likeness (QED) is 0.395. The number of hydrogen-bond acceptors (Lipinski definition) is 5. The zero-order valence-corrected chi connectivity index (χ0v) is 22.4. The van der Waals surface area contributed by atoms with Crippen LogP contribution in [0.15, 0.2) is 66.7 Å². The summed E-state index contributed by atoms with van der Waals surface area (Å²) in [5, 5.41) is 10.1. The number of benzene rings is 3. The number of nitrogens with zero attached hydrogens (tertiary/aromatic N) is 2. The third-order valence-corrected chi connectivity index (χ3v) is 8.32. The smallest absolute Gasteiger partial charge is 0.126 e. The molecule has 196 valence electrons. The molecule has 3 aromatic carbocycles. The van der Waals surface area contributed by atoms with E-state index >= 15 is 0 Å². The van der Waals surface area contributed by atoms with Crippen LogP contribution < -0.4 is 14.4 Å². The lowest BCUT2D eigenvalue weighted by atomic mass is 9.76. The summed E-state index contributed by atoms with van der Waals surface area (Å²) in [4.78, 5) is 5.09. The molecule has 5 heteroatoms. The number of fused-ring (bicyclic) bond motifs is 1. The van der Waals surface area contributed by atoms with Crippen LogP contribution in [0.4, 0.5) is 5.69 Å². The van der Waals surface area contributed by atoms with Gasteiger partial charge >= 0.3 is 0 Å². The minimum Gasteiger partial charge on any atom is -0.508 e. The van der Waals surface area contributed by atoms with E-state index in [1.54, 1.807) is 19.2 Å². The summed E-state index contributed by atoms with van der Waals surface area (Å²) in [7, 11) is 1.71. The third kappa shape index (κ3) is 5.57. The first kappa shape index (κ1) is 25.5. The average Bonchev–Trinajstić information content (AvgIpc) is 2.95. The predicted octanol–water partition coefficient (Wildman–Crippen LogP) is 6.27. The summed E-state index contributed by atoms with van der Waals surface area (Å²) in [6, 6.07) is 23.0. The van der Waals surface area contributed by atoms with E-state index in [4.69, 9.17) is 9.47 Å². The van der Waals surface area contributed by atoms with E-state index in [-0.39, 0.29) is 17.6 Å². The highest BCUT2D eigenvalue weighted by Gasteiger charge is 2.34. The molecule has 0 radical (unpaired) electrons. The summed E-state index contributed by atoms with van der Waals surface area (Å²) in [6.45, 7) is 10.8. The van der Waals surface area contributed by atoms with Gasteiger partial charge in [-0.25, -0.2) is 0 Å². The van der Waals surface area contributed by atoms with Gasteiger partial charge in [-0.3, -0.25) is 0 Å². The third-order valence-electron chi connectivity index (χ3n) is 8.32. The second-order valence-electron chi connectivity index (χ2n) is 10.4. The fourth-order valence-electron chi connectivity index (χ4n) is 6.08. The lowest BCUT2D eigenvalue weighted by molar-refractivity contribution is 0.229. The highest BCUT2D eigenvalue weighted by molar-refractivity contribution is 5.54. The van der Waals surface area contributed by atoms with Gasteiger partial charge in [-0.2, -0.15) is 0 Å². The van der Waals surface area contributed by atoms with Crippen LogP contribution in [-0.4, -0.2) is 56.4 Å². The predicted molar refractivity (Wildman–Crippen MR) is 150 cm³/mol. The second kappa shape index (κ2) is 11.5. The number of aromatic hydroxyl groups is 1. The van der Waals surface area contributed by atoms with Gasteiger partial charge in [0.25, 0.3) is 0 Å². The molecule has 0 spiro atoms. The maximum Gasteiger partial charge on any atom is 0.126 e. The van der Waals surface area contributed by atoms with Gasteiger partial charge in [0.2, 0.25) is 0 Å². The van der Waals surface area contributed by atoms with Crippen LogP contribution in [0.5, 0.6) is 17.2 Å². The lowest BCUT2D eigenvalue weighted by Crippen LogP contribution is -2.38. The Bertz CT molecular complexity index is 1170. The number of methoxy groups -OCH3 is 1. The summed E-state index contributed by atoms with van der Waals surface area (Å²) in [5.74, 6) is 2.93. The molecule has 0 saturated carbocycles. The van der Waals surface area contributed by atoms with Crippen molar-refractivity contribution in [3.8, 4) is 17.2 Å². The van der Waals surface area contributed by atoms with Crippen molar-refractivity contribution in [1.29, 1.82) is 0 Å². The van der Waals surface area contributed by atoms with Crippen molar-refractivity contribution >= 4 is 5.69 Å². The summed E-state index contributed by atoms with van der Waals surface area (Å²) in [6.07, 6.45) is 2.51. The Kier molecular flexibility index (Phi) is 7.90. The SMILES string of the molecule is CCN(CC)CC1CCN(c2ccc(C3c4ccc(O)cc4OCC3c3cccc(OC)c3)cc2)CC1. The van der Waals surface area contributed by atoms with E-state index in [1.165, 1.54) is 36.2 Å². The molecule has 1 saturated heterocycles. The summed E-state index contributed by atoms with van der Waals surface area (Å²) < 4.78 is 11.7. The molecule has 0 aliphatic carbocycles. The average molecular weight is 501 g/mol. The monoisotopic (exact) mass is 500 g/mol. The van der Waals surface area contributed by atoms with Crippen molar-refractivity contribution < 1.29 is 14.6 Å². The number of ether oxygens (including phenoxy) is 2. The van der Waals surface area contributed by atoms with Crippen molar-refractivity contribution in [3.05, 3.63) is 83.4 Å². The van der Waals surface area contributed by atoms with Crippen LogP contribution in [0, 0.1) is 5.92 Å². The van der Waals surface area contributed by atoms with Gasteiger partial charge < -0.3 is 24.4 Å². The van der Waals surface area contributed by atoms with Gasteiger partial charge in [-0.15, -0.1) is 0 Å². The van der Waals surface area contributed by atoms with Crippen molar-refractivity contribution in [2.75, 3.05) is 51.3 Å². The van der Waals surface area contributed by atoms with Crippen LogP contribution in [0.25, 0.3) is 0 Å². The highest BCUT2D eigenvalue weighted by atomic mass is 16.5. The molecule has 0 aromatic heterocycles. The van der Waals surface area contributed by atoms with Gasteiger partial charge in [-0.1, -0.05) is 44.2 Å². The Morgan fingerprint density at radius 1 is 0.946 bits per heavy atom. The van der Waals surface area contributed by atoms with Gasteiger partial charge in [0.1, 0.15) is 17.2 Å². The number of rotatable bonds is 8. The Morgan fingerprint density at radius 3 is 2.41 bits per heavy atom. The molecule has 5 nitrogen and oxygen atoms in total. The first-order valence-corrected chi connectivity index (χ1v) is 13.8. The van der Waals surface area contributed by atoms with Crippen molar-refractivity contribution in [1.82, 2.24) is 4.90 Å². The molecule has 2 aliphatic heterocycles. The summed E-state index contributed by atoms with van der Waals surface area (Å²) in [5.41, 5.74) is 4.88. The molecule has 2 unspecified atom stereocenters. The zero-order chi connectivity index (χ0) is 25.8. The van der Waals surface area contributed by atoms with E-state index in [0.29, 0.717) is 6.61 Å². The molecule has 0 bridgehead atoms. The second-order valence-corrected chi connectivity index (χ2v) is 10.4. The lowest BCUT2D eigenvalue weighted by Gasteiger charge is -2.36. The van der Waals surface area contributed by atoms with E-state index in [1.807, 2.05) is 18.2 Å². The number of hydrogen-bond donors (Lipinski definition) is 1. The Morgan fingerprint density at radius 2 is 1.70 bits per heavy atom. The molecule has 2 atom stereocenters. The highest BCUT2D eigenvalue weighted by Crippen LogP contribution is 2.47. The molecule has 2 heterocycles. The number of piperidine rings is 1. The number of phenols is 1. The topological polar surface area (TPSA) is 45.2 Å². The largest absolute Gasteiger partial charge is 0.508 e. The van der Waals surface area contributed by atoms with Crippen LogP contribution in [-0.2, 0) is 0 Å². The van der Waals surface area contributed by atoms with Crippen molar-refractivity contribution in [2.45, 2.75) is 38.5 Å². The minimum absolute atomic E-state index is 0.130. The first-order valence-electron chi connectivity index (χ1n) is 13.8. The molecule has 1 fully saturated rings.